The molecular weight excluding hydrogens is 176 g/mol. The lowest BCUT2D eigenvalue weighted by atomic mass is 10.4. The fraction of sp³-hybridized carbons (Fsp3) is 0.375. The summed E-state index contributed by atoms with van der Waals surface area (Å²) in [5.41, 5.74) is 0. The molecule has 1 heterocycles. The summed E-state index contributed by atoms with van der Waals surface area (Å²) in [5, 5.41) is 10.3. The predicted molar refractivity (Wildman–Crippen MR) is 47.0 cm³/mol. The molecule has 0 fully saturated rings. The number of thiophene rings is 1. The molecule has 1 aromatic heterocycles. The molecule has 0 amide bonds. The zero-order chi connectivity index (χ0) is 9.14. The molecule has 0 aromatic carbocycles. The molecule has 12 heavy (non-hydrogen) atoms. The third-order valence-electron chi connectivity index (χ3n) is 1.16. The molecule has 3 nitrogen and oxygen atoms in total. The van der Waals surface area contributed by atoms with Gasteiger partial charge in [-0.2, -0.15) is 0 Å². The maximum Gasteiger partial charge on any atom is 0.346 e. The van der Waals surface area contributed by atoms with Crippen LogP contribution in [-0.4, -0.2) is 17.2 Å². The SMILES string of the molecule is CC(C)Oc1csc(C(=O)O)c1. The van der Waals surface area contributed by atoms with Gasteiger partial charge in [-0.3, -0.25) is 0 Å². The van der Waals surface area contributed by atoms with Crippen LogP contribution in [0, 0.1) is 0 Å². The van der Waals surface area contributed by atoms with E-state index in [2.05, 4.69) is 0 Å². The summed E-state index contributed by atoms with van der Waals surface area (Å²) in [6.07, 6.45) is 0.0845. The summed E-state index contributed by atoms with van der Waals surface area (Å²) in [4.78, 5) is 10.8. The van der Waals surface area contributed by atoms with Crippen LogP contribution in [0.2, 0.25) is 0 Å². The quantitative estimate of drug-likeness (QED) is 0.787. The van der Waals surface area contributed by atoms with Crippen molar-refractivity contribution in [2.75, 3.05) is 0 Å². The molecule has 0 spiro atoms. The van der Waals surface area contributed by atoms with Gasteiger partial charge in [-0.25, -0.2) is 4.79 Å². The molecule has 0 aliphatic heterocycles. The van der Waals surface area contributed by atoms with Gasteiger partial charge in [0.2, 0.25) is 0 Å². The van der Waals surface area contributed by atoms with Crippen LogP contribution in [0.15, 0.2) is 11.4 Å². The van der Waals surface area contributed by atoms with E-state index in [9.17, 15) is 4.79 Å². The minimum Gasteiger partial charge on any atom is -0.490 e. The lowest BCUT2D eigenvalue weighted by Crippen LogP contribution is -2.04. The van der Waals surface area contributed by atoms with Crippen LogP contribution in [0.5, 0.6) is 5.75 Å². The highest BCUT2D eigenvalue weighted by atomic mass is 32.1. The van der Waals surface area contributed by atoms with Gasteiger partial charge in [-0.1, -0.05) is 0 Å². The number of rotatable bonds is 3. The summed E-state index contributed by atoms with van der Waals surface area (Å²) >= 11 is 1.18. The second-order valence-electron chi connectivity index (χ2n) is 2.62. The van der Waals surface area contributed by atoms with Gasteiger partial charge in [-0.05, 0) is 13.8 Å². The molecule has 1 aromatic rings. The van der Waals surface area contributed by atoms with Crippen molar-refractivity contribution in [2.24, 2.45) is 0 Å². The summed E-state index contributed by atoms with van der Waals surface area (Å²) in [5.74, 6) is -0.272. The van der Waals surface area contributed by atoms with Crippen molar-refractivity contribution < 1.29 is 14.6 Å². The van der Waals surface area contributed by atoms with E-state index < -0.39 is 5.97 Å². The second kappa shape index (κ2) is 3.58. The molecule has 0 unspecified atom stereocenters. The van der Waals surface area contributed by atoms with Crippen molar-refractivity contribution in [3.05, 3.63) is 16.3 Å². The van der Waals surface area contributed by atoms with Crippen LogP contribution in [0.4, 0.5) is 0 Å². The van der Waals surface area contributed by atoms with Crippen LogP contribution < -0.4 is 4.74 Å². The van der Waals surface area contributed by atoms with Gasteiger partial charge in [-0.15, -0.1) is 11.3 Å². The maximum atomic E-state index is 10.5. The Morgan fingerprint density at radius 3 is 2.75 bits per heavy atom. The zero-order valence-electron chi connectivity index (χ0n) is 6.90. The lowest BCUT2D eigenvalue weighted by molar-refractivity contribution is 0.0701. The Morgan fingerprint density at radius 2 is 2.33 bits per heavy atom. The van der Waals surface area contributed by atoms with E-state index in [1.165, 1.54) is 17.4 Å². The van der Waals surface area contributed by atoms with E-state index >= 15 is 0 Å². The van der Waals surface area contributed by atoms with Crippen molar-refractivity contribution in [1.82, 2.24) is 0 Å². The third kappa shape index (κ3) is 2.23. The van der Waals surface area contributed by atoms with Crippen LogP contribution in [0.25, 0.3) is 0 Å². The number of carboxylic acid groups (broad SMARTS) is 1. The second-order valence-corrected chi connectivity index (χ2v) is 3.53. The monoisotopic (exact) mass is 186 g/mol. The molecule has 0 aliphatic rings. The first kappa shape index (κ1) is 9.06. The largest absolute Gasteiger partial charge is 0.490 e. The molecule has 0 aliphatic carbocycles. The molecule has 66 valence electrons. The normalized spacial score (nSPS) is 10.2. The summed E-state index contributed by atoms with van der Waals surface area (Å²) in [6.45, 7) is 3.80. The summed E-state index contributed by atoms with van der Waals surface area (Å²) in [7, 11) is 0. The molecule has 0 atom stereocenters. The molecule has 1 rings (SSSR count). The van der Waals surface area contributed by atoms with Gasteiger partial charge in [0.05, 0.1) is 6.10 Å². The van der Waals surface area contributed by atoms with Gasteiger partial charge in [0.1, 0.15) is 10.6 Å². The predicted octanol–water partition coefficient (Wildman–Crippen LogP) is 2.23. The van der Waals surface area contributed by atoms with Crippen LogP contribution >= 0.6 is 11.3 Å². The average molecular weight is 186 g/mol. The van der Waals surface area contributed by atoms with E-state index in [0.29, 0.717) is 10.6 Å². The minimum atomic E-state index is -0.904. The maximum absolute atomic E-state index is 10.5. The van der Waals surface area contributed by atoms with Gasteiger partial charge in [0, 0.05) is 11.4 Å². The van der Waals surface area contributed by atoms with Gasteiger partial charge in [0.15, 0.2) is 0 Å². The zero-order valence-corrected chi connectivity index (χ0v) is 7.72. The number of carbonyl (C=O) groups is 1. The Bertz CT molecular complexity index is 278. The van der Waals surface area contributed by atoms with E-state index in [1.54, 1.807) is 5.38 Å². The van der Waals surface area contributed by atoms with Crippen molar-refractivity contribution in [3.8, 4) is 5.75 Å². The molecule has 0 bridgehead atoms. The van der Waals surface area contributed by atoms with Crippen molar-refractivity contribution in [3.63, 3.8) is 0 Å². The molecule has 4 heteroatoms. The van der Waals surface area contributed by atoms with E-state index in [1.807, 2.05) is 13.8 Å². The molecule has 0 radical (unpaired) electrons. The Balaban J connectivity index is 2.71. The molecule has 0 saturated carbocycles. The lowest BCUT2D eigenvalue weighted by Gasteiger charge is -2.05. The highest BCUT2D eigenvalue weighted by molar-refractivity contribution is 7.12. The number of carboxylic acids is 1. The Morgan fingerprint density at radius 1 is 1.67 bits per heavy atom. The highest BCUT2D eigenvalue weighted by Crippen LogP contribution is 2.22. The minimum absolute atomic E-state index is 0.0845. The van der Waals surface area contributed by atoms with E-state index in [-0.39, 0.29) is 6.10 Å². The van der Waals surface area contributed by atoms with E-state index in [0.717, 1.165) is 0 Å². The van der Waals surface area contributed by atoms with Gasteiger partial charge >= 0.3 is 5.97 Å². The van der Waals surface area contributed by atoms with Crippen LogP contribution in [-0.2, 0) is 0 Å². The van der Waals surface area contributed by atoms with Crippen molar-refractivity contribution in [2.45, 2.75) is 20.0 Å². The number of aromatic carboxylic acids is 1. The highest BCUT2D eigenvalue weighted by Gasteiger charge is 2.07. The number of hydrogen-bond donors (Lipinski definition) is 1. The summed E-state index contributed by atoms with van der Waals surface area (Å²) < 4.78 is 5.29. The fourth-order valence-corrected chi connectivity index (χ4v) is 1.42. The first-order valence-corrected chi connectivity index (χ1v) is 4.46. The molecule has 0 saturated heterocycles. The fourth-order valence-electron chi connectivity index (χ4n) is 0.765. The Labute approximate surface area is 74.6 Å². The average Bonchev–Trinajstić information content (AvgIpc) is 2.34. The Hall–Kier alpha value is -1.03. The summed E-state index contributed by atoms with van der Waals surface area (Å²) in [6, 6.07) is 1.53. The molecular formula is C8H10O3S. The van der Waals surface area contributed by atoms with E-state index in [4.69, 9.17) is 9.84 Å². The van der Waals surface area contributed by atoms with Crippen molar-refractivity contribution in [1.29, 1.82) is 0 Å². The Kier molecular flexibility index (Phi) is 2.70. The molecule has 1 N–H and O–H groups in total. The smallest absolute Gasteiger partial charge is 0.346 e. The van der Waals surface area contributed by atoms with Crippen LogP contribution in [0.3, 0.4) is 0 Å². The number of ether oxygens (including phenoxy) is 1. The van der Waals surface area contributed by atoms with Crippen molar-refractivity contribution >= 4 is 17.3 Å². The third-order valence-corrected chi connectivity index (χ3v) is 2.05. The first-order chi connectivity index (χ1) is 5.59. The van der Waals surface area contributed by atoms with Gasteiger partial charge < -0.3 is 9.84 Å². The van der Waals surface area contributed by atoms with Crippen LogP contribution in [0.1, 0.15) is 23.5 Å². The van der Waals surface area contributed by atoms with Gasteiger partial charge in [0.25, 0.3) is 0 Å². The topological polar surface area (TPSA) is 46.5 Å². The number of hydrogen-bond acceptors (Lipinski definition) is 3. The first-order valence-electron chi connectivity index (χ1n) is 3.58. The standard InChI is InChI=1S/C8H10O3S/c1-5(2)11-6-3-7(8(9)10)12-4-6/h3-5H,1-2H3,(H,9,10).